The molecule has 0 spiro atoms. The van der Waals surface area contributed by atoms with Crippen molar-refractivity contribution in [1.29, 1.82) is 0 Å². The smallest absolute Gasteiger partial charge is 0.485 e. The number of hydrogen-bond acceptors (Lipinski definition) is 4. The maximum Gasteiger partial charge on any atom is 0.573 e. The highest BCUT2D eigenvalue weighted by atomic mass is 79.9. The molecule has 0 radical (unpaired) electrons. The van der Waals surface area contributed by atoms with Gasteiger partial charge in [-0.25, -0.2) is 0 Å². The van der Waals surface area contributed by atoms with Gasteiger partial charge < -0.3 is 14.2 Å². The van der Waals surface area contributed by atoms with Gasteiger partial charge in [0.25, 0.3) is 0 Å². The minimum atomic E-state index is -4.88. The monoisotopic (exact) mass is 458 g/mol. The van der Waals surface area contributed by atoms with E-state index in [0.29, 0.717) is 6.42 Å². The summed E-state index contributed by atoms with van der Waals surface area (Å²) in [7, 11) is 0. The second-order valence-electron chi connectivity index (χ2n) is 6.25. The Hall–Kier alpha value is -2.22. The molecule has 1 aliphatic rings. The fourth-order valence-corrected chi connectivity index (χ4v) is 3.60. The molecule has 28 heavy (non-hydrogen) atoms. The Labute approximate surface area is 168 Å². The molecule has 1 atom stereocenters. The third kappa shape index (κ3) is 4.98. The van der Waals surface area contributed by atoms with Gasteiger partial charge in [-0.3, -0.25) is 4.79 Å². The van der Waals surface area contributed by atoms with E-state index in [9.17, 15) is 18.0 Å². The zero-order chi connectivity index (χ0) is 20.3. The van der Waals surface area contributed by atoms with Crippen LogP contribution >= 0.6 is 15.9 Å². The lowest BCUT2D eigenvalue weighted by atomic mass is 10.1. The van der Waals surface area contributed by atoms with Crippen molar-refractivity contribution in [2.24, 2.45) is 0 Å². The maximum atomic E-state index is 12.8. The number of hydrogen-bond donors (Lipinski definition) is 0. The van der Waals surface area contributed by atoms with E-state index >= 15 is 0 Å². The molecule has 8 heteroatoms. The first kappa shape index (κ1) is 20.5. The van der Waals surface area contributed by atoms with Gasteiger partial charge in [-0.1, -0.05) is 28.1 Å². The van der Waals surface area contributed by atoms with Crippen molar-refractivity contribution in [3.63, 3.8) is 0 Å². The average Bonchev–Trinajstić information content (AvgIpc) is 2.99. The fourth-order valence-electron chi connectivity index (χ4n) is 3.22. The Bertz CT molecular complexity index is 867. The molecule has 0 heterocycles. The summed E-state index contributed by atoms with van der Waals surface area (Å²) in [6, 6.07) is 9.97. The van der Waals surface area contributed by atoms with E-state index in [1.807, 2.05) is 18.2 Å². The van der Waals surface area contributed by atoms with Crippen LogP contribution in [0.3, 0.4) is 0 Å². The molecule has 0 aliphatic heterocycles. The molecular formula is C20H18BrF3O4. The van der Waals surface area contributed by atoms with Gasteiger partial charge in [0.05, 0.1) is 13.0 Å². The maximum absolute atomic E-state index is 12.8. The number of esters is 1. The van der Waals surface area contributed by atoms with Gasteiger partial charge >= 0.3 is 12.3 Å². The van der Waals surface area contributed by atoms with Crippen LogP contribution in [-0.2, 0) is 22.4 Å². The third-order valence-electron chi connectivity index (χ3n) is 4.34. The molecular weight excluding hydrogens is 441 g/mol. The standard InChI is InChI=1S/C20H18BrF3O4/c1-2-26-19(25)11-15-16(4-3-5-18(15)28-20(22,23)24)27-17-9-7-12-6-8-13(21)10-14(12)17/h3-6,8,10,17H,2,7,9,11H2,1H3/t17-/m1/s1. The van der Waals surface area contributed by atoms with Crippen molar-refractivity contribution in [1.82, 2.24) is 0 Å². The van der Waals surface area contributed by atoms with E-state index in [4.69, 9.17) is 9.47 Å². The summed E-state index contributed by atoms with van der Waals surface area (Å²) in [5, 5.41) is 0. The lowest BCUT2D eigenvalue weighted by molar-refractivity contribution is -0.275. The van der Waals surface area contributed by atoms with Crippen LogP contribution in [0.15, 0.2) is 40.9 Å². The van der Waals surface area contributed by atoms with Gasteiger partial charge in [-0.15, -0.1) is 13.2 Å². The molecule has 0 saturated heterocycles. The molecule has 3 rings (SSSR count). The second kappa shape index (κ2) is 8.43. The number of aryl methyl sites for hydroxylation is 1. The highest BCUT2D eigenvalue weighted by molar-refractivity contribution is 9.10. The summed E-state index contributed by atoms with van der Waals surface area (Å²) in [6.45, 7) is 1.75. The lowest BCUT2D eigenvalue weighted by Crippen LogP contribution is -2.19. The van der Waals surface area contributed by atoms with Crippen LogP contribution in [0.5, 0.6) is 11.5 Å². The largest absolute Gasteiger partial charge is 0.573 e. The van der Waals surface area contributed by atoms with Crippen LogP contribution in [0.1, 0.15) is 36.1 Å². The van der Waals surface area contributed by atoms with Crippen molar-refractivity contribution >= 4 is 21.9 Å². The van der Waals surface area contributed by atoms with E-state index in [-0.39, 0.29) is 30.4 Å². The van der Waals surface area contributed by atoms with Crippen molar-refractivity contribution in [2.45, 2.75) is 38.7 Å². The predicted molar refractivity (Wildman–Crippen MR) is 99.3 cm³/mol. The molecule has 2 aromatic carbocycles. The highest BCUT2D eigenvalue weighted by Gasteiger charge is 2.34. The molecule has 0 fully saturated rings. The summed E-state index contributed by atoms with van der Waals surface area (Å²) in [4.78, 5) is 11.9. The molecule has 0 amide bonds. The normalized spacial score (nSPS) is 15.8. The van der Waals surface area contributed by atoms with Gasteiger partial charge in [0, 0.05) is 10.0 Å². The van der Waals surface area contributed by atoms with Crippen LogP contribution in [0.25, 0.3) is 0 Å². The number of ether oxygens (including phenoxy) is 3. The zero-order valence-corrected chi connectivity index (χ0v) is 16.6. The minimum absolute atomic E-state index is 0.0155. The van der Waals surface area contributed by atoms with Gasteiger partial charge in [-0.05, 0) is 55.2 Å². The Morgan fingerprint density at radius 1 is 1.21 bits per heavy atom. The van der Waals surface area contributed by atoms with E-state index in [1.165, 1.54) is 12.1 Å². The number of halogens is 4. The van der Waals surface area contributed by atoms with Crippen LogP contribution in [0, 0.1) is 0 Å². The van der Waals surface area contributed by atoms with E-state index in [1.54, 1.807) is 6.92 Å². The molecule has 2 aromatic rings. The summed E-state index contributed by atoms with van der Waals surface area (Å²) >= 11 is 3.43. The predicted octanol–water partition coefficient (Wildman–Crippen LogP) is 5.52. The number of benzene rings is 2. The molecule has 1 aliphatic carbocycles. The highest BCUT2D eigenvalue weighted by Crippen LogP contribution is 2.40. The number of alkyl halides is 3. The molecule has 4 nitrogen and oxygen atoms in total. The van der Waals surface area contributed by atoms with Crippen LogP contribution in [-0.4, -0.2) is 18.9 Å². The van der Waals surface area contributed by atoms with E-state index in [2.05, 4.69) is 20.7 Å². The van der Waals surface area contributed by atoms with Crippen molar-refractivity contribution in [3.05, 3.63) is 57.6 Å². The summed E-state index contributed by atoms with van der Waals surface area (Å²) in [6.07, 6.45) is -4.09. The fraction of sp³-hybridized carbons (Fsp3) is 0.350. The van der Waals surface area contributed by atoms with Gasteiger partial charge in [0.1, 0.15) is 17.6 Å². The average molecular weight is 459 g/mol. The molecule has 0 saturated carbocycles. The molecule has 0 bridgehead atoms. The first-order chi connectivity index (χ1) is 13.3. The van der Waals surface area contributed by atoms with Gasteiger partial charge in [0.15, 0.2) is 0 Å². The third-order valence-corrected chi connectivity index (χ3v) is 4.84. The summed E-state index contributed by atoms with van der Waals surface area (Å²) in [5.41, 5.74) is 2.11. The number of carbonyl (C=O) groups excluding carboxylic acids is 1. The quantitative estimate of drug-likeness (QED) is 0.534. The van der Waals surface area contributed by atoms with Gasteiger partial charge in [0.2, 0.25) is 0 Å². The second-order valence-corrected chi connectivity index (χ2v) is 7.17. The number of carbonyl (C=O) groups is 1. The number of fused-ring (bicyclic) bond motifs is 1. The first-order valence-electron chi connectivity index (χ1n) is 8.75. The Kier molecular flexibility index (Phi) is 6.17. The topological polar surface area (TPSA) is 44.8 Å². The van der Waals surface area contributed by atoms with Crippen LogP contribution in [0.4, 0.5) is 13.2 Å². The van der Waals surface area contributed by atoms with Crippen molar-refractivity contribution in [2.75, 3.05) is 6.61 Å². The number of rotatable bonds is 6. The Morgan fingerprint density at radius 3 is 2.68 bits per heavy atom. The van der Waals surface area contributed by atoms with Crippen LogP contribution < -0.4 is 9.47 Å². The SMILES string of the molecule is CCOC(=O)Cc1c(O[C@@H]2CCc3ccc(Br)cc32)cccc1OC(F)(F)F. The van der Waals surface area contributed by atoms with Gasteiger partial charge in [-0.2, -0.15) is 0 Å². The lowest BCUT2D eigenvalue weighted by Gasteiger charge is -2.20. The Balaban J connectivity index is 1.93. The Morgan fingerprint density at radius 2 is 1.96 bits per heavy atom. The van der Waals surface area contributed by atoms with E-state index < -0.39 is 18.1 Å². The first-order valence-corrected chi connectivity index (χ1v) is 9.54. The molecule has 0 aromatic heterocycles. The molecule has 150 valence electrons. The zero-order valence-electron chi connectivity index (χ0n) is 15.0. The summed E-state index contributed by atoms with van der Waals surface area (Å²) < 4.78 is 54.3. The molecule has 0 N–H and O–H groups in total. The molecule has 0 unspecified atom stereocenters. The summed E-state index contributed by atoms with van der Waals surface area (Å²) in [5.74, 6) is -0.946. The minimum Gasteiger partial charge on any atom is -0.485 e. The van der Waals surface area contributed by atoms with Crippen LogP contribution in [0.2, 0.25) is 0 Å². The van der Waals surface area contributed by atoms with Crippen molar-refractivity contribution in [3.8, 4) is 11.5 Å². The van der Waals surface area contributed by atoms with E-state index in [0.717, 1.165) is 28.1 Å². The van der Waals surface area contributed by atoms with Crippen molar-refractivity contribution < 1.29 is 32.2 Å².